The van der Waals surface area contributed by atoms with E-state index in [-0.39, 0.29) is 0 Å². The minimum atomic E-state index is 0.308. The van der Waals surface area contributed by atoms with Crippen LogP contribution in [0.4, 0.5) is 0 Å². The minimum Gasteiger partial charge on any atom is -0.303 e. The summed E-state index contributed by atoms with van der Waals surface area (Å²) < 4.78 is 2.10. The Kier molecular flexibility index (Phi) is 1.42. The molecule has 0 saturated carbocycles. The van der Waals surface area contributed by atoms with Gasteiger partial charge in [0, 0.05) is 12.3 Å². The largest absolute Gasteiger partial charge is 0.303 e. The topological polar surface area (TPSA) is 53.6 Å². The summed E-state index contributed by atoms with van der Waals surface area (Å²) in [6.07, 6.45) is 1.62. The fourth-order valence-electron chi connectivity index (χ4n) is 1.56. The molecule has 0 spiro atoms. The SMILES string of the molecule is ON1C=c2nc3n(c2=NC1)CCS3. The smallest absolute Gasteiger partial charge is 0.170 e. The third kappa shape index (κ3) is 0.988. The lowest BCUT2D eigenvalue weighted by atomic mass is 10.6. The number of rotatable bonds is 0. The Labute approximate surface area is 78.4 Å². The van der Waals surface area contributed by atoms with Crippen molar-refractivity contribution in [3.63, 3.8) is 0 Å². The second-order valence-corrected chi connectivity index (χ2v) is 4.03. The van der Waals surface area contributed by atoms with Gasteiger partial charge in [0.05, 0.1) is 6.20 Å². The molecule has 2 aliphatic heterocycles. The molecule has 13 heavy (non-hydrogen) atoms. The van der Waals surface area contributed by atoms with E-state index in [0.717, 1.165) is 33.4 Å². The van der Waals surface area contributed by atoms with Crippen LogP contribution in [0.2, 0.25) is 0 Å². The first-order chi connectivity index (χ1) is 6.34. The quantitative estimate of drug-likeness (QED) is 0.579. The Morgan fingerprint density at radius 1 is 1.54 bits per heavy atom. The van der Waals surface area contributed by atoms with Crippen molar-refractivity contribution in [2.75, 3.05) is 12.4 Å². The molecule has 0 radical (unpaired) electrons. The first-order valence-electron chi connectivity index (χ1n) is 4.06. The van der Waals surface area contributed by atoms with Crippen molar-refractivity contribution < 1.29 is 5.21 Å². The Bertz CT molecular complexity index is 466. The molecule has 1 N–H and O–H groups in total. The molecule has 0 fully saturated rings. The van der Waals surface area contributed by atoms with E-state index in [9.17, 15) is 5.21 Å². The van der Waals surface area contributed by atoms with E-state index in [1.165, 1.54) is 0 Å². The molecule has 0 aliphatic carbocycles. The first-order valence-corrected chi connectivity index (χ1v) is 5.04. The van der Waals surface area contributed by atoms with Gasteiger partial charge in [-0.3, -0.25) is 5.21 Å². The van der Waals surface area contributed by atoms with Gasteiger partial charge in [-0.25, -0.2) is 15.0 Å². The lowest BCUT2D eigenvalue weighted by Crippen LogP contribution is -2.38. The average molecular weight is 196 g/mol. The van der Waals surface area contributed by atoms with Crippen LogP contribution in [0.15, 0.2) is 10.1 Å². The van der Waals surface area contributed by atoms with Crippen molar-refractivity contribution in [1.29, 1.82) is 0 Å². The predicted molar refractivity (Wildman–Crippen MR) is 46.7 cm³/mol. The second kappa shape index (κ2) is 2.49. The Balaban J connectivity index is 2.33. The van der Waals surface area contributed by atoms with Crippen LogP contribution in [-0.4, -0.2) is 32.2 Å². The van der Waals surface area contributed by atoms with Gasteiger partial charge in [-0.15, -0.1) is 0 Å². The molecule has 0 unspecified atom stereocenters. The van der Waals surface area contributed by atoms with Crippen LogP contribution < -0.4 is 10.8 Å². The first kappa shape index (κ1) is 7.40. The van der Waals surface area contributed by atoms with E-state index in [4.69, 9.17) is 0 Å². The molecule has 1 aromatic heterocycles. The van der Waals surface area contributed by atoms with Gasteiger partial charge in [-0.05, 0) is 0 Å². The third-order valence-corrected chi connectivity index (χ3v) is 3.07. The van der Waals surface area contributed by atoms with Gasteiger partial charge >= 0.3 is 0 Å². The van der Waals surface area contributed by atoms with E-state index in [1.807, 2.05) is 0 Å². The fourth-order valence-corrected chi connectivity index (χ4v) is 2.51. The number of hydroxylamine groups is 2. The highest BCUT2D eigenvalue weighted by Gasteiger charge is 2.17. The van der Waals surface area contributed by atoms with E-state index < -0.39 is 0 Å². The average Bonchev–Trinajstić information content (AvgIpc) is 2.62. The highest BCUT2D eigenvalue weighted by atomic mass is 32.2. The van der Waals surface area contributed by atoms with E-state index in [2.05, 4.69) is 14.5 Å². The van der Waals surface area contributed by atoms with Crippen LogP contribution in [0.5, 0.6) is 0 Å². The molecule has 3 rings (SSSR count). The van der Waals surface area contributed by atoms with Gasteiger partial charge in [0.1, 0.15) is 12.0 Å². The number of thioether (sulfide) groups is 1. The monoisotopic (exact) mass is 196 g/mol. The molecule has 2 aliphatic rings. The van der Waals surface area contributed by atoms with Crippen LogP contribution in [0.3, 0.4) is 0 Å². The Morgan fingerprint density at radius 3 is 3.38 bits per heavy atom. The van der Waals surface area contributed by atoms with Crippen molar-refractivity contribution in [3.05, 3.63) is 10.8 Å². The molecule has 0 atom stereocenters. The standard InChI is InChI=1S/C7H8N4OS/c12-10-3-5-6(8-4-10)11-1-2-13-7(11)9-5/h3,12H,1-2,4H2. The molecule has 0 amide bonds. The summed E-state index contributed by atoms with van der Waals surface area (Å²) >= 11 is 1.73. The van der Waals surface area contributed by atoms with Crippen LogP contribution in [-0.2, 0) is 6.54 Å². The van der Waals surface area contributed by atoms with Crippen molar-refractivity contribution in [2.24, 2.45) is 4.99 Å². The molecule has 6 heteroatoms. The van der Waals surface area contributed by atoms with Gasteiger partial charge in [-0.2, -0.15) is 0 Å². The van der Waals surface area contributed by atoms with Crippen molar-refractivity contribution >= 4 is 18.0 Å². The van der Waals surface area contributed by atoms with Crippen LogP contribution in [0.1, 0.15) is 0 Å². The van der Waals surface area contributed by atoms with E-state index >= 15 is 0 Å². The molecule has 0 saturated heterocycles. The summed E-state index contributed by atoms with van der Waals surface area (Å²) in [5.41, 5.74) is 0.908. The van der Waals surface area contributed by atoms with Crippen LogP contribution in [0, 0.1) is 0 Å². The van der Waals surface area contributed by atoms with Gasteiger partial charge in [0.25, 0.3) is 0 Å². The number of hydrogen-bond donors (Lipinski definition) is 1. The lowest BCUT2D eigenvalue weighted by molar-refractivity contribution is -0.0204. The van der Waals surface area contributed by atoms with Crippen molar-refractivity contribution in [2.45, 2.75) is 11.7 Å². The van der Waals surface area contributed by atoms with Gasteiger partial charge in [0.2, 0.25) is 0 Å². The maximum absolute atomic E-state index is 9.17. The Morgan fingerprint density at radius 2 is 2.46 bits per heavy atom. The summed E-state index contributed by atoms with van der Waals surface area (Å²) in [6.45, 7) is 1.29. The molecule has 5 nitrogen and oxygen atoms in total. The number of aromatic nitrogens is 2. The highest BCUT2D eigenvalue weighted by Crippen LogP contribution is 2.19. The maximum Gasteiger partial charge on any atom is 0.170 e. The van der Waals surface area contributed by atoms with Crippen molar-refractivity contribution in [1.82, 2.24) is 14.6 Å². The molecule has 3 heterocycles. The highest BCUT2D eigenvalue weighted by molar-refractivity contribution is 7.99. The number of fused-ring (bicyclic) bond motifs is 3. The van der Waals surface area contributed by atoms with E-state index in [1.54, 1.807) is 18.0 Å². The number of nitrogens with zero attached hydrogens (tertiary/aromatic N) is 4. The molecule has 68 valence electrons. The van der Waals surface area contributed by atoms with Crippen LogP contribution >= 0.6 is 11.8 Å². The molecular formula is C7H8N4OS. The zero-order chi connectivity index (χ0) is 8.84. The van der Waals surface area contributed by atoms with Gasteiger partial charge < -0.3 is 4.57 Å². The maximum atomic E-state index is 9.17. The normalized spacial score (nSPS) is 19.0. The fraction of sp³-hybridized carbons (Fsp3) is 0.429. The summed E-state index contributed by atoms with van der Waals surface area (Å²) in [6, 6.07) is 0. The lowest BCUT2D eigenvalue weighted by Gasteiger charge is -2.09. The second-order valence-electron chi connectivity index (χ2n) is 2.97. The van der Waals surface area contributed by atoms with Gasteiger partial charge in [-0.1, -0.05) is 11.8 Å². The number of hydrogen-bond acceptors (Lipinski definition) is 5. The molecule has 0 aromatic carbocycles. The minimum absolute atomic E-state index is 0.308. The molecular weight excluding hydrogens is 188 g/mol. The molecule has 1 aromatic rings. The van der Waals surface area contributed by atoms with Crippen LogP contribution in [0.25, 0.3) is 6.20 Å². The summed E-state index contributed by atoms with van der Waals surface area (Å²) in [7, 11) is 0. The van der Waals surface area contributed by atoms with E-state index in [0.29, 0.717) is 6.67 Å². The summed E-state index contributed by atoms with van der Waals surface area (Å²) in [4.78, 5) is 8.59. The van der Waals surface area contributed by atoms with Gasteiger partial charge in [0.15, 0.2) is 10.6 Å². The Hall–Kier alpha value is -1.01. The molecule has 0 bridgehead atoms. The van der Waals surface area contributed by atoms with Crippen molar-refractivity contribution in [3.8, 4) is 0 Å². The number of imidazole rings is 1. The zero-order valence-corrected chi connectivity index (χ0v) is 7.66. The third-order valence-electron chi connectivity index (χ3n) is 2.11. The summed E-state index contributed by atoms with van der Waals surface area (Å²) in [5.74, 6) is 1.08. The predicted octanol–water partition coefficient (Wildman–Crippen LogP) is -0.991. The summed E-state index contributed by atoms with van der Waals surface area (Å²) in [5, 5.41) is 12.0. The zero-order valence-electron chi connectivity index (χ0n) is 6.84.